The van der Waals surface area contributed by atoms with Gasteiger partial charge < -0.3 is 5.32 Å². The largest absolute Gasteiger partial charge is 0.354 e. The summed E-state index contributed by atoms with van der Waals surface area (Å²) in [7, 11) is -3.66. The van der Waals surface area contributed by atoms with Crippen molar-refractivity contribution in [2.24, 2.45) is 0 Å². The fraction of sp³-hybridized carbons (Fsp3) is 0.435. The van der Waals surface area contributed by atoms with Crippen LogP contribution in [0.1, 0.15) is 31.7 Å². The van der Waals surface area contributed by atoms with Crippen molar-refractivity contribution in [1.82, 2.24) is 14.5 Å². The van der Waals surface area contributed by atoms with Crippen LogP contribution in [-0.4, -0.2) is 62.3 Å². The second kappa shape index (κ2) is 10.3. The summed E-state index contributed by atoms with van der Waals surface area (Å²) in [6.45, 7) is 6.03. The number of halogens is 1. The van der Waals surface area contributed by atoms with Gasteiger partial charge in [-0.05, 0) is 43.2 Å². The molecule has 3 rings (SSSR count). The summed E-state index contributed by atoms with van der Waals surface area (Å²) >= 11 is 0. The molecule has 0 spiro atoms. The molecule has 0 aliphatic carbocycles. The van der Waals surface area contributed by atoms with Gasteiger partial charge in [0.15, 0.2) is 0 Å². The maximum atomic E-state index is 13.1. The number of carbonyl (C=O) groups excluding carboxylic acids is 1. The van der Waals surface area contributed by atoms with E-state index in [2.05, 4.69) is 24.4 Å². The zero-order valence-corrected chi connectivity index (χ0v) is 18.8. The highest BCUT2D eigenvalue weighted by molar-refractivity contribution is 7.89. The molecule has 1 N–H and O–H groups in total. The van der Waals surface area contributed by atoms with Gasteiger partial charge in [0, 0.05) is 38.6 Å². The number of carbonyl (C=O) groups is 1. The fourth-order valence-corrected chi connectivity index (χ4v) is 5.27. The summed E-state index contributed by atoms with van der Waals surface area (Å²) in [5.41, 5.74) is 1.21. The number of nitrogens with one attached hydrogen (secondary N) is 1. The lowest BCUT2D eigenvalue weighted by Crippen LogP contribution is -2.55. The maximum Gasteiger partial charge on any atom is 0.243 e. The summed E-state index contributed by atoms with van der Waals surface area (Å²) in [6.07, 6.45) is 0.929. The molecule has 1 aliphatic heterocycles. The summed E-state index contributed by atoms with van der Waals surface area (Å²) in [5.74, 6) is -0.263. The van der Waals surface area contributed by atoms with Gasteiger partial charge in [-0.2, -0.15) is 4.31 Å². The van der Waals surface area contributed by atoms with E-state index in [1.807, 2.05) is 30.0 Å². The fourth-order valence-electron chi connectivity index (χ4n) is 3.85. The highest BCUT2D eigenvalue weighted by atomic mass is 32.2. The third kappa shape index (κ3) is 5.70. The Kier molecular flexibility index (Phi) is 7.80. The van der Waals surface area contributed by atoms with Gasteiger partial charge in [-0.3, -0.25) is 9.69 Å². The van der Waals surface area contributed by atoms with Crippen LogP contribution < -0.4 is 5.32 Å². The Morgan fingerprint density at radius 1 is 1.03 bits per heavy atom. The van der Waals surface area contributed by atoms with Gasteiger partial charge in [0.1, 0.15) is 5.82 Å². The molecule has 2 aromatic rings. The number of nitrogens with zero attached hydrogens (tertiary/aromatic N) is 2. The van der Waals surface area contributed by atoms with Gasteiger partial charge in [-0.15, -0.1) is 0 Å². The van der Waals surface area contributed by atoms with Gasteiger partial charge >= 0.3 is 0 Å². The number of benzene rings is 2. The van der Waals surface area contributed by atoms with E-state index in [1.54, 1.807) is 0 Å². The van der Waals surface area contributed by atoms with E-state index in [4.69, 9.17) is 0 Å². The molecule has 1 amide bonds. The van der Waals surface area contributed by atoms with Gasteiger partial charge in [0.05, 0.1) is 10.9 Å². The van der Waals surface area contributed by atoms with Crippen LogP contribution in [0, 0.1) is 5.82 Å². The molecular formula is C23H30FN3O3S. The Bertz CT molecular complexity index is 959. The molecule has 0 unspecified atom stereocenters. The lowest BCUT2D eigenvalue weighted by atomic mass is 9.96. The van der Waals surface area contributed by atoms with Crippen molar-refractivity contribution >= 4 is 15.9 Å². The molecule has 2 aromatic carbocycles. The molecule has 1 fully saturated rings. The van der Waals surface area contributed by atoms with E-state index in [9.17, 15) is 17.6 Å². The average molecular weight is 448 g/mol. The van der Waals surface area contributed by atoms with Gasteiger partial charge in [0.2, 0.25) is 15.9 Å². The first-order valence-electron chi connectivity index (χ1n) is 10.7. The van der Waals surface area contributed by atoms with E-state index < -0.39 is 15.8 Å². The van der Waals surface area contributed by atoms with Crippen molar-refractivity contribution in [2.75, 3.05) is 32.7 Å². The Hall–Kier alpha value is -2.29. The van der Waals surface area contributed by atoms with Gasteiger partial charge in [-0.25, -0.2) is 12.8 Å². The lowest BCUT2D eigenvalue weighted by Gasteiger charge is -2.36. The minimum absolute atomic E-state index is 0.0516. The quantitative estimate of drug-likeness (QED) is 0.676. The van der Waals surface area contributed by atoms with Crippen LogP contribution in [0.3, 0.4) is 0 Å². The monoisotopic (exact) mass is 447 g/mol. The summed E-state index contributed by atoms with van der Waals surface area (Å²) in [6, 6.07) is 14.6. The first-order chi connectivity index (χ1) is 14.8. The molecule has 31 heavy (non-hydrogen) atoms. The van der Waals surface area contributed by atoms with E-state index >= 15 is 0 Å². The van der Waals surface area contributed by atoms with E-state index in [0.717, 1.165) is 18.6 Å². The molecule has 6 nitrogen and oxygen atoms in total. The zero-order chi connectivity index (χ0) is 22.4. The third-order valence-corrected chi connectivity index (χ3v) is 7.85. The Labute approximate surface area is 184 Å². The minimum Gasteiger partial charge on any atom is -0.354 e. The number of piperazine rings is 1. The molecule has 8 heteroatoms. The zero-order valence-electron chi connectivity index (χ0n) is 18.0. The normalized spacial score (nSPS) is 17.8. The smallest absolute Gasteiger partial charge is 0.243 e. The molecule has 1 heterocycles. The standard InChI is InChI=1S/C23H30FN3O3S/c1-3-19(20-7-5-4-6-8-20)17-25-23(28)18(2)26-13-15-27(16-14-26)31(29,30)22-11-9-21(24)10-12-22/h4-12,18-19H,3,13-17H2,1-2H3,(H,25,28)/t18-,19+/m0/s1. The first-order valence-corrected chi connectivity index (χ1v) is 12.1. The Morgan fingerprint density at radius 2 is 1.65 bits per heavy atom. The number of hydrogen-bond acceptors (Lipinski definition) is 4. The number of amides is 1. The Balaban J connectivity index is 1.53. The van der Waals surface area contributed by atoms with Crippen LogP contribution in [0.15, 0.2) is 59.5 Å². The van der Waals surface area contributed by atoms with E-state index in [-0.39, 0.29) is 22.8 Å². The predicted octanol–water partition coefficient (Wildman–Crippen LogP) is 2.83. The van der Waals surface area contributed by atoms with Crippen LogP contribution in [0.2, 0.25) is 0 Å². The predicted molar refractivity (Wildman–Crippen MR) is 119 cm³/mol. The minimum atomic E-state index is -3.66. The van der Waals surface area contributed by atoms with Crippen molar-refractivity contribution < 1.29 is 17.6 Å². The maximum absolute atomic E-state index is 13.1. The topological polar surface area (TPSA) is 69.7 Å². The number of sulfonamides is 1. The van der Waals surface area contributed by atoms with Crippen LogP contribution in [-0.2, 0) is 14.8 Å². The SMILES string of the molecule is CC[C@H](CNC(=O)[C@H](C)N1CCN(S(=O)(=O)c2ccc(F)cc2)CC1)c1ccccc1. The second-order valence-electron chi connectivity index (χ2n) is 7.83. The molecule has 2 atom stereocenters. The summed E-state index contributed by atoms with van der Waals surface area (Å²) in [5, 5.41) is 3.05. The first kappa shape index (κ1) is 23.4. The van der Waals surface area contributed by atoms with E-state index in [1.165, 1.54) is 22.0 Å². The van der Waals surface area contributed by atoms with Crippen LogP contribution in [0.25, 0.3) is 0 Å². The molecule has 0 radical (unpaired) electrons. The molecular weight excluding hydrogens is 417 g/mol. The Morgan fingerprint density at radius 3 is 2.23 bits per heavy atom. The summed E-state index contributed by atoms with van der Waals surface area (Å²) < 4.78 is 40.0. The van der Waals surface area contributed by atoms with Crippen molar-refractivity contribution in [2.45, 2.75) is 37.1 Å². The molecule has 168 valence electrons. The number of hydrogen-bond donors (Lipinski definition) is 1. The lowest BCUT2D eigenvalue weighted by molar-refractivity contribution is -0.126. The van der Waals surface area contributed by atoms with Crippen molar-refractivity contribution in [3.05, 3.63) is 66.0 Å². The van der Waals surface area contributed by atoms with Gasteiger partial charge in [-0.1, -0.05) is 37.3 Å². The van der Waals surface area contributed by atoms with Crippen molar-refractivity contribution in [3.63, 3.8) is 0 Å². The molecule has 1 aliphatic rings. The van der Waals surface area contributed by atoms with Crippen LogP contribution in [0.4, 0.5) is 4.39 Å². The molecule has 0 aromatic heterocycles. The molecule has 1 saturated heterocycles. The third-order valence-electron chi connectivity index (χ3n) is 5.94. The molecule has 0 saturated carbocycles. The van der Waals surface area contributed by atoms with Crippen LogP contribution in [0.5, 0.6) is 0 Å². The van der Waals surface area contributed by atoms with Gasteiger partial charge in [0.25, 0.3) is 0 Å². The van der Waals surface area contributed by atoms with E-state index in [0.29, 0.717) is 32.7 Å². The van der Waals surface area contributed by atoms with Crippen molar-refractivity contribution in [3.8, 4) is 0 Å². The van der Waals surface area contributed by atoms with Crippen molar-refractivity contribution in [1.29, 1.82) is 0 Å². The second-order valence-corrected chi connectivity index (χ2v) is 9.77. The van der Waals surface area contributed by atoms with Crippen LogP contribution >= 0.6 is 0 Å². The average Bonchev–Trinajstić information content (AvgIpc) is 2.80. The highest BCUT2D eigenvalue weighted by Gasteiger charge is 2.31. The molecule has 0 bridgehead atoms. The summed E-state index contributed by atoms with van der Waals surface area (Å²) in [4.78, 5) is 14.8. The number of rotatable bonds is 8. The highest BCUT2D eigenvalue weighted by Crippen LogP contribution is 2.20.